The summed E-state index contributed by atoms with van der Waals surface area (Å²) in [4.78, 5) is 4.41. The van der Waals surface area contributed by atoms with Gasteiger partial charge in [-0.05, 0) is 57.6 Å². The number of nitrogens with zero attached hydrogens (tertiary/aromatic N) is 1. The number of ether oxygens (including phenoxy) is 1. The fraction of sp³-hybridized carbons (Fsp3) is 0.667. The van der Waals surface area contributed by atoms with Crippen LogP contribution in [0.1, 0.15) is 46.5 Å². The summed E-state index contributed by atoms with van der Waals surface area (Å²) < 4.78 is 5.78. The van der Waals surface area contributed by atoms with E-state index in [9.17, 15) is 0 Å². The van der Waals surface area contributed by atoms with Gasteiger partial charge < -0.3 is 10.1 Å². The standard InChI is InChI=1S/C15H24N2O/c1-11(2)18-14-5-4-10-16-15(14)17-13-8-6-12(3)7-9-13/h4-5,10-13H,6-9H2,1-3H3,(H,16,17). The molecule has 1 aromatic rings. The van der Waals surface area contributed by atoms with E-state index in [1.807, 2.05) is 32.2 Å². The van der Waals surface area contributed by atoms with Gasteiger partial charge in [-0.25, -0.2) is 4.98 Å². The van der Waals surface area contributed by atoms with Crippen molar-refractivity contribution >= 4 is 5.82 Å². The molecule has 0 bridgehead atoms. The van der Waals surface area contributed by atoms with Crippen molar-refractivity contribution in [1.82, 2.24) is 4.98 Å². The number of aromatic nitrogens is 1. The molecule has 0 saturated heterocycles. The molecular formula is C15H24N2O. The molecular weight excluding hydrogens is 224 g/mol. The van der Waals surface area contributed by atoms with Gasteiger partial charge in [-0.15, -0.1) is 0 Å². The van der Waals surface area contributed by atoms with Gasteiger partial charge in [0.25, 0.3) is 0 Å². The van der Waals surface area contributed by atoms with E-state index in [1.54, 1.807) is 0 Å². The highest BCUT2D eigenvalue weighted by Crippen LogP contribution is 2.29. The Kier molecular flexibility index (Phi) is 4.45. The molecule has 18 heavy (non-hydrogen) atoms. The highest BCUT2D eigenvalue weighted by Gasteiger charge is 2.19. The van der Waals surface area contributed by atoms with E-state index < -0.39 is 0 Å². The highest BCUT2D eigenvalue weighted by atomic mass is 16.5. The Morgan fingerprint density at radius 3 is 2.67 bits per heavy atom. The predicted octanol–water partition coefficient (Wildman–Crippen LogP) is 3.86. The second-order valence-electron chi connectivity index (χ2n) is 5.62. The summed E-state index contributed by atoms with van der Waals surface area (Å²) in [5.41, 5.74) is 0. The van der Waals surface area contributed by atoms with Crippen LogP contribution in [0, 0.1) is 5.92 Å². The molecule has 1 heterocycles. The lowest BCUT2D eigenvalue weighted by Crippen LogP contribution is -2.26. The normalized spacial score (nSPS) is 24.0. The molecule has 0 aliphatic heterocycles. The zero-order valence-electron chi connectivity index (χ0n) is 11.6. The van der Waals surface area contributed by atoms with Gasteiger partial charge >= 0.3 is 0 Å². The van der Waals surface area contributed by atoms with Crippen molar-refractivity contribution < 1.29 is 4.74 Å². The first-order valence-electron chi connectivity index (χ1n) is 7.03. The molecule has 0 radical (unpaired) electrons. The molecule has 1 aliphatic carbocycles. The maximum Gasteiger partial charge on any atom is 0.168 e. The second kappa shape index (κ2) is 6.07. The molecule has 0 atom stereocenters. The Morgan fingerprint density at radius 1 is 1.28 bits per heavy atom. The number of anilines is 1. The second-order valence-corrected chi connectivity index (χ2v) is 5.62. The molecule has 100 valence electrons. The average molecular weight is 248 g/mol. The van der Waals surface area contributed by atoms with Crippen LogP contribution in [0.15, 0.2) is 18.3 Å². The molecule has 0 amide bonds. The van der Waals surface area contributed by atoms with Gasteiger partial charge in [-0.2, -0.15) is 0 Å². The molecule has 1 aliphatic rings. The van der Waals surface area contributed by atoms with Gasteiger partial charge in [-0.3, -0.25) is 0 Å². The first-order chi connectivity index (χ1) is 8.65. The molecule has 1 N–H and O–H groups in total. The zero-order valence-corrected chi connectivity index (χ0v) is 11.6. The van der Waals surface area contributed by atoms with Crippen molar-refractivity contribution in [2.24, 2.45) is 5.92 Å². The summed E-state index contributed by atoms with van der Waals surface area (Å²) in [6, 6.07) is 4.46. The summed E-state index contributed by atoms with van der Waals surface area (Å²) in [5, 5.41) is 3.54. The van der Waals surface area contributed by atoms with E-state index in [0.29, 0.717) is 6.04 Å². The van der Waals surface area contributed by atoms with Crippen molar-refractivity contribution in [3.05, 3.63) is 18.3 Å². The number of hydrogen-bond acceptors (Lipinski definition) is 3. The first kappa shape index (κ1) is 13.2. The summed E-state index contributed by atoms with van der Waals surface area (Å²) in [6.45, 7) is 6.42. The van der Waals surface area contributed by atoms with Gasteiger partial charge in [0.2, 0.25) is 0 Å². The maximum atomic E-state index is 5.78. The zero-order chi connectivity index (χ0) is 13.0. The molecule has 2 rings (SSSR count). The van der Waals surface area contributed by atoms with Crippen LogP contribution in [0.3, 0.4) is 0 Å². The monoisotopic (exact) mass is 248 g/mol. The van der Waals surface area contributed by atoms with Crippen LogP contribution in [0.25, 0.3) is 0 Å². The lowest BCUT2D eigenvalue weighted by molar-refractivity contribution is 0.242. The van der Waals surface area contributed by atoms with Crippen molar-refractivity contribution in [2.75, 3.05) is 5.32 Å². The molecule has 0 spiro atoms. The minimum absolute atomic E-state index is 0.182. The van der Waals surface area contributed by atoms with Crippen LogP contribution in [0.2, 0.25) is 0 Å². The Hall–Kier alpha value is -1.25. The minimum Gasteiger partial charge on any atom is -0.487 e. The lowest BCUT2D eigenvalue weighted by Gasteiger charge is -2.28. The van der Waals surface area contributed by atoms with Crippen LogP contribution in [-0.4, -0.2) is 17.1 Å². The van der Waals surface area contributed by atoms with E-state index in [1.165, 1.54) is 25.7 Å². The van der Waals surface area contributed by atoms with Crippen molar-refractivity contribution in [3.8, 4) is 5.75 Å². The summed E-state index contributed by atoms with van der Waals surface area (Å²) in [6.07, 6.45) is 7.09. The van der Waals surface area contributed by atoms with E-state index in [2.05, 4.69) is 17.2 Å². The van der Waals surface area contributed by atoms with Crippen LogP contribution in [0.4, 0.5) is 5.82 Å². The topological polar surface area (TPSA) is 34.2 Å². The van der Waals surface area contributed by atoms with Crippen molar-refractivity contribution in [1.29, 1.82) is 0 Å². The Labute approximate surface area is 110 Å². The molecule has 0 aromatic carbocycles. The van der Waals surface area contributed by atoms with E-state index >= 15 is 0 Å². The fourth-order valence-electron chi connectivity index (χ4n) is 2.45. The maximum absolute atomic E-state index is 5.78. The first-order valence-corrected chi connectivity index (χ1v) is 7.03. The molecule has 3 heteroatoms. The molecule has 1 aromatic heterocycles. The van der Waals surface area contributed by atoms with E-state index in [-0.39, 0.29) is 6.10 Å². The third kappa shape index (κ3) is 3.62. The van der Waals surface area contributed by atoms with Gasteiger partial charge in [0.15, 0.2) is 11.6 Å². The van der Waals surface area contributed by atoms with Gasteiger partial charge in [-0.1, -0.05) is 6.92 Å². The highest BCUT2D eigenvalue weighted by molar-refractivity contribution is 5.50. The van der Waals surface area contributed by atoms with E-state index in [0.717, 1.165) is 17.5 Å². The number of rotatable bonds is 4. The summed E-state index contributed by atoms with van der Waals surface area (Å²) >= 11 is 0. The number of nitrogens with one attached hydrogen (secondary N) is 1. The Balaban J connectivity index is 2.00. The number of hydrogen-bond donors (Lipinski definition) is 1. The minimum atomic E-state index is 0.182. The number of pyridine rings is 1. The summed E-state index contributed by atoms with van der Waals surface area (Å²) in [7, 11) is 0. The quantitative estimate of drug-likeness (QED) is 0.878. The van der Waals surface area contributed by atoms with Crippen LogP contribution < -0.4 is 10.1 Å². The third-order valence-electron chi connectivity index (χ3n) is 3.49. The van der Waals surface area contributed by atoms with Crippen molar-refractivity contribution in [3.63, 3.8) is 0 Å². The molecule has 1 fully saturated rings. The molecule has 0 unspecified atom stereocenters. The largest absolute Gasteiger partial charge is 0.487 e. The van der Waals surface area contributed by atoms with E-state index in [4.69, 9.17) is 4.74 Å². The summed E-state index contributed by atoms with van der Waals surface area (Å²) in [5.74, 6) is 2.63. The Morgan fingerprint density at radius 2 is 2.00 bits per heavy atom. The predicted molar refractivity (Wildman–Crippen MR) is 75.0 cm³/mol. The fourth-order valence-corrected chi connectivity index (χ4v) is 2.45. The van der Waals surface area contributed by atoms with Crippen molar-refractivity contribution in [2.45, 2.75) is 58.6 Å². The SMILES string of the molecule is CC1CCC(Nc2ncccc2OC(C)C)CC1. The van der Waals surface area contributed by atoms with Gasteiger partial charge in [0, 0.05) is 12.2 Å². The lowest BCUT2D eigenvalue weighted by atomic mass is 9.87. The van der Waals surface area contributed by atoms with Gasteiger partial charge in [0.05, 0.1) is 6.10 Å². The molecule has 1 saturated carbocycles. The van der Waals surface area contributed by atoms with Crippen LogP contribution in [-0.2, 0) is 0 Å². The smallest absolute Gasteiger partial charge is 0.168 e. The van der Waals surface area contributed by atoms with Crippen LogP contribution >= 0.6 is 0 Å². The third-order valence-corrected chi connectivity index (χ3v) is 3.49. The molecule has 3 nitrogen and oxygen atoms in total. The van der Waals surface area contributed by atoms with Crippen LogP contribution in [0.5, 0.6) is 5.75 Å². The van der Waals surface area contributed by atoms with Gasteiger partial charge in [0.1, 0.15) is 0 Å². The average Bonchev–Trinajstić information content (AvgIpc) is 2.34. The Bertz CT molecular complexity index is 371.